The van der Waals surface area contributed by atoms with Crippen molar-refractivity contribution < 1.29 is 13.2 Å². The van der Waals surface area contributed by atoms with Crippen LogP contribution < -0.4 is 4.72 Å². The Hall–Kier alpha value is -1.21. The van der Waals surface area contributed by atoms with E-state index in [1.807, 2.05) is 0 Å². The Morgan fingerprint density at radius 2 is 1.81 bits per heavy atom. The fourth-order valence-electron chi connectivity index (χ4n) is 1.61. The van der Waals surface area contributed by atoms with Crippen LogP contribution in [0.4, 0.5) is 0 Å². The zero-order chi connectivity index (χ0) is 15.5. The minimum absolute atomic E-state index is 0.0413. The summed E-state index contributed by atoms with van der Waals surface area (Å²) in [6.45, 7) is -0.299. The maximum absolute atomic E-state index is 12.1. The number of hydrogen-bond acceptors (Lipinski definition) is 3. The Bertz CT molecular complexity index is 763. The molecular weight excluding hydrogens is 378 g/mol. The molecule has 110 valence electrons. The summed E-state index contributed by atoms with van der Waals surface area (Å²) in [7, 11) is -3.76. The second-order valence-corrected chi connectivity index (χ2v) is 7.22. The van der Waals surface area contributed by atoms with E-state index in [9.17, 15) is 13.2 Å². The minimum atomic E-state index is -3.76. The number of sulfonamides is 1. The van der Waals surface area contributed by atoms with Crippen LogP contribution in [0.2, 0.25) is 5.02 Å². The molecule has 0 aromatic heterocycles. The van der Waals surface area contributed by atoms with Gasteiger partial charge in [-0.1, -0.05) is 41.9 Å². The highest BCUT2D eigenvalue weighted by Gasteiger charge is 2.17. The van der Waals surface area contributed by atoms with Gasteiger partial charge in [0.2, 0.25) is 10.0 Å². The van der Waals surface area contributed by atoms with Gasteiger partial charge < -0.3 is 0 Å². The molecule has 7 heteroatoms. The van der Waals surface area contributed by atoms with Crippen molar-refractivity contribution in [3.05, 3.63) is 63.6 Å². The predicted molar refractivity (Wildman–Crippen MR) is 85.1 cm³/mol. The first-order valence-electron chi connectivity index (χ1n) is 5.93. The lowest BCUT2D eigenvalue weighted by atomic mass is 10.1. The molecule has 0 amide bonds. The lowest BCUT2D eigenvalue weighted by Gasteiger charge is -2.07. The van der Waals surface area contributed by atoms with Crippen LogP contribution >= 0.6 is 27.5 Å². The summed E-state index contributed by atoms with van der Waals surface area (Å²) in [6.07, 6.45) is 0. The maximum atomic E-state index is 12.1. The number of carbonyl (C=O) groups is 1. The molecule has 0 bridgehead atoms. The number of carbonyl (C=O) groups excluding carboxylic acids is 1. The van der Waals surface area contributed by atoms with E-state index in [2.05, 4.69) is 20.7 Å². The normalized spacial score (nSPS) is 11.3. The molecule has 0 spiro atoms. The fraction of sp³-hybridized carbons (Fsp3) is 0.0714. The van der Waals surface area contributed by atoms with Crippen LogP contribution in [-0.4, -0.2) is 20.7 Å². The SMILES string of the molecule is O=C(CNS(=O)(=O)c1ccc(Cl)c(Br)c1)c1ccccc1. The van der Waals surface area contributed by atoms with Crippen molar-refractivity contribution >= 4 is 43.3 Å². The summed E-state index contributed by atoms with van der Waals surface area (Å²) >= 11 is 8.99. The summed E-state index contributed by atoms with van der Waals surface area (Å²) in [5.74, 6) is -0.299. The van der Waals surface area contributed by atoms with Gasteiger partial charge in [0.15, 0.2) is 5.78 Å². The van der Waals surface area contributed by atoms with Gasteiger partial charge in [-0.15, -0.1) is 0 Å². The molecular formula is C14H11BrClNO3S. The third kappa shape index (κ3) is 4.14. The molecule has 21 heavy (non-hydrogen) atoms. The first kappa shape index (κ1) is 16.2. The van der Waals surface area contributed by atoms with Crippen molar-refractivity contribution in [2.45, 2.75) is 4.90 Å². The van der Waals surface area contributed by atoms with E-state index < -0.39 is 10.0 Å². The highest BCUT2D eigenvalue weighted by atomic mass is 79.9. The van der Waals surface area contributed by atoms with E-state index >= 15 is 0 Å². The van der Waals surface area contributed by atoms with Crippen molar-refractivity contribution in [3.63, 3.8) is 0 Å². The quantitative estimate of drug-likeness (QED) is 0.800. The van der Waals surface area contributed by atoms with E-state index in [4.69, 9.17) is 11.6 Å². The van der Waals surface area contributed by atoms with Gasteiger partial charge in [0.05, 0.1) is 16.5 Å². The zero-order valence-corrected chi connectivity index (χ0v) is 13.9. The molecule has 0 aliphatic rings. The van der Waals surface area contributed by atoms with Gasteiger partial charge in [-0.05, 0) is 34.1 Å². The first-order chi connectivity index (χ1) is 9.90. The van der Waals surface area contributed by atoms with Crippen LogP contribution in [0.25, 0.3) is 0 Å². The van der Waals surface area contributed by atoms with E-state index in [0.29, 0.717) is 15.1 Å². The Labute approximate surface area is 136 Å². The van der Waals surface area contributed by atoms with Crippen molar-refractivity contribution in [2.24, 2.45) is 0 Å². The van der Waals surface area contributed by atoms with Crippen molar-refractivity contribution in [1.82, 2.24) is 4.72 Å². The molecule has 0 saturated carbocycles. The first-order valence-corrected chi connectivity index (χ1v) is 8.58. The Balaban J connectivity index is 2.11. The van der Waals surface area contributed by atoms with E-state index in [1.165, 1.54) is 18.2 Å². The molecule has 0 unspecified atom stereocenters. The lowest BCUT2D eigenvalue weighted by molar-refractivity contribution is 0.0997. The van der Waals surface area contributed by atoms with Crippen LogP contribution in [0.15, 0.2) is 57.9 Å². The summed E-state index contributed by atoms with van der Waals surface area (Å²) in [5, 5.41) is 0.411. The third-order valence-electron chi connectivity index (χ3n) is 2.72. The molecule has 0 aliphatic carbocycles. The fourth-order valence-corrected chi connectivity index (χ4v) is 3.27. The number of halogens is 2. The molecule has 2 aromatic carbocycles. The highest BCUT2D eigenvalue weighted by Crippen LogP contribution is 2.25. The number of rotatable bonds is 5. The van der Waals surface area contributed by atoms with Gasteiger partial charge in [0.25, 0.3) is 0 Å². The van der Waals surface area contributed by atoms with E-state index in [0.717, 1.165) is 0 Å². The van der Waals surface area contributed by atoms with Gasteiger partial charge >= 0.3 is 0 Å². The summed E-state index contributed by atoms with van der Waals surface area (Å²) in [4.78, 5) is 11.9. The second-order valence-electron chi connectivity index (χ2n) is 4.19. The Kier molecular flexibility index (Phi) is 5.16. The van der Waals surface area contributed by atoms with Crippen LogP contribution in [0, 0.1) is 0 Å². The van der Waals surface area contributed by atoms with Gasteiger partial charge in [0.1, 0.15) is 0 Å². The van der Waals surface area contributed by atoms with Crippen LogP contribution in [0.3, 0.4) is 0 Å². The molecule has 0 heterocycles. The molecule has 2 rings (SSSR count). The molecule has 0 saturated heterocycles. The summed E-state index contributed by atoms with van der Waals surface area (Å²) in [6, 6.07) is 12.7. The van der Waals surface area contributed by atoms with Gasteiger partial charge in [-0.25, -0.2) is 13.1 Å². The Morgan fingerprint density at radius 3 is 2.43 bits per heavy atom. The number of nitrogens with one attached hydrogen (secondary N) is 1. The molecule has 0 aliphatic heterocycles. The van der Waals surface area contributed by atoms with E-state index in [-0.39, 0.29) is 17.2 Å². The number of benzene rings is 2. The molecule has 0 radical (unpaired) electrons. The monoisotopic (exact) mass is 387 g/mol. The van der Waals surface area contributed by atoms with Crippen molar-refractivity contribution in [2.75, 3.05) is 6.54 Å². The third-order valence-corrected chi connectivity index (χ3v) is 5.33. The number of ketones is 1. The van der Waals surface area contributed by atoms with E-state index in [1.54, 1.807) is 30.3 Å². The Morgan fingerprint density at radius 1 is 1.14 bits per heavy atom. The average molecular weight is 389 g/mol. The lowest BCUT2D eigenvalue weighted by Crippen LogP contribution is -2.29. The number of Topliss-reactive ketones (excluding diaryl/α,β-unsaturated/α-hetero) is 1. The maximum Gasteiger partial charge on any atom is 0.241 e. The van der Waals surface area contributed by atoms with Crippen molar-refractivity contribution in [1.29, 1.82) is 0 Å². The van der Waals surface area contributed by atoms with Gasteiger partial charge in [-0.3, -0.25) is 4.79 Å². The number of hydrogen-bond donors (Lipinski definition) is 1. The molecule has 1 N–H and O–H groups in total. The zero-order valence-electron chi connectivity index (χ0n) is 10.7. The average Bonchev–Trinajstić information content (AvgIpc) is 2.48. The van der Waals surface area contributed by atoms with Crippen LogP contribution in [0.1, 0.15) is 10.4 Å². The predicted octanol–water partition coefficient (Wildman–Crippen LogP) is 3.26. The van der Waals surface area contributed by atoms with Crippen LogP contribution in [0.5, 0.6) is 0 Å². The van der Waals surface area contributed by atoms with Crippen molar-refractivity contribution in [3.8, 4) is 0 Å². The smallest absolute Gasteiger partial charge is 0.241 e. The summed E-state index contributed by atoms with van der Waals surface area (Å²) in [5.41, 5.74) is 0.456. The molecule has 4 nitrogen and oxygen atoms in total. The largest absolute Gasteiger partial charge is 0.293 e. The second kappa shape index (κ2) is 6.70. The highest BCUT2D eigenvalue weighted by molar-refractivity contribution is 9.10. The van der Waals surface area contributed by atoms with Gasteiger partial charge in [-0.2, -0.15) is 0 Å². The summed E-state index contributed by atoms with van der Waals surface area (Å²) < 4.78 is 27.0. The standard InChI is InChI=1S/C14H11BrClNO3S/c15-12-8-11(6-7-13(12)16)21(19,20)17-9-14(18)10-4-2-1-3-5-10/h1-8,17H,9H2. The minimum Gasteiger partial charge on any atom is -0.293 e. The molecule has 2 aromatic rings. The van der Waals surface area contributed by atoms with Crippen LogP contribution in [-0.2, 0) is 10.0 Å². The molecule has 0 atom stereocenters. The topological polar surface area (TPSA) is 63.2 Å². The molecule has 0 fully saturated rings. The van der Waals surface area contributed by atoms with Gasteiger partial charge in [0, 0.05) is 10.0 Å².